The lowest BCUT2D eigenvalue weighted by atomic mass is 9.96. The lowest BCUT2D eigenvalue weighted by molar-refractivity contribution is -0.135. The maximum atomic E-state index is 12.8. The maximum absolute atomic E-state index is 12.8. The summed E-state index contributed by atoms with van der Waals surface area (Å²) in [6, 6.07) is 13.8. The van der Waals surface area contributed by atoms with Gasteiger partial charge in [0.05, 0.1) is 13.0 Å². The van der Waals surface area contributed by atoms with Crippen molar-refractivity contribution >= 4 is 11.7 Å². The number of hydrogen-bond acceptors (Lipinski definition) is 5. The van der Waals surface area contributed by atoms with Crippen LogP contribution in [0.2, 0.25) is 0 Å². The molecule has 6 heteroatoms. The second kappa shape index (κ2) is 7.96. The predicted octanol–water partition coefficient (Wildman–Crippen LogP) is 2.36. The third-order valence-corrected chi connectivity index (χ3v) is 4.57. The van der Waals surface area contributed by atoms with Crippen molar-refractivity contribution in [3.63, 3.8) is 0 Å². The van der Waals surface area contributed by atoms with Crippen LogP contribution in [0, 0.1) is 5.92 Å². The fourth-order valence-electron chi connectivity index (χ4n) is 3.22. The van der Waals surface area contributed by atoms with Crippen molar-refractivity contribution in [1.82, 2.24) is 15.1 Å². The van der Waals surface area contributed by atoms with Gasteiger partial charge in [-0.2, -0.15) is 0 Å². The molecule has 1 aromatic heterocycles. The first kappa shape index (κ1) is 17.2. The van der Waals surface area contributed by atoms with Gasteiger partial charge in [0.1, 0.15) is 0 Å². The summed E-state index contributed by atoms with van der Waals surface area (Å²) in [5.41, 5.74) is 1.15. The standard InChI is InChI=1S/C19H24N4O2/c1-22(13-15-7-4-3-5-8-15)19(24)16-9-6-12-23(14-16)17-10-11-18(25-2)21-20-17/h3-5,7-8,10-11,16H,6,9,12-14H2,1-2H3/t16-/m0/s1. The summed E-state index contributed by atoms with van der Waals surface area (Å²) in [4.78, 5) is 16.8. The molecule has 0 N–H and O–H groups in total. The molecule has 6 nitrogen and oxygen atoms in total. The number of carbonyl (C=O) groups excluding carboxylic acids is 1. The summed E-state index contributed by atoms with van der Waals surface area (Å²) in [6.07, 6.45) is 1.89. The molecule has 2 aromatic rings. The zero-order valence-corrected chi connectivity index (χ0v) is 14.8. The quantitative estimate of drug-likeness (QED) is 0.836. The topological polar surface area (TPSA) is 58.6 Å². The zero-order valence-electron chi connectivity index (χ0n) is 14.8. The number of ether oxygens (including phenoxy) is 1. The van der Waals surface area contributed by atoms with Gasteiger partial charge in [-0.25, -0.2) is 0 Å². The van der Waals surface area contributed by atoms with Crippen molar-refractivity contribution in [2.24, 2.45) is 5.92 Å². The number of piperidine rings is 1. The average Bonchev–Trinajstić information content (AvgIpc) is 2.68. The SMILES string of the molecule is COc1ccc(N2CCC[C@H](C(=O)N(C)Cc3ccccc3)C2)nn1. The van der Waals surface area contributed by atoms with E-state index in [0.29, 0.717) is 19.0 Å². The number of methoxy groups -OCH3 is 1. The number of rotatable bonds is 5. The Morgan fingerprint density at radius 1 is 1.24 bits per heavy atom. The molecule has 2 heterocycles. The van der Waals surface area contributed by atoms with E-state index in [1.807, 2.05) is 48.3 Å². The summed E-state index contributed by atoms with van der Waals surface area (Å²) in [6.45, 7) is 2.21. The molecule has 0 aliphatic carbocycles. The Labute approximate surface area is 148 Å². The summed E-state index contributed by atoms with van der Waals surface area (Å²) in [5, 5.41) is 8.23. The Kier molecular flexibility index (Phi) is 5.48. The van der Waals surface area contributed by atoms with Crippen LogP contribution in [0.15, 0.2) is 42.5 Å². The molecule has 1 atom stereocenters. The number of aromatic nitrogens is 2. The van der Waals surface area contributed by atoms with Crippen LogP contribution < -0.4 is 9.64 Å². The van der Waals surface area contributed by atoms with Gasteiger partial charge in [-0.3, -0.25) is 4.79 Å². The monoisotopic (exact) mass is 340 g/mol. The Bertz CT molecular complexity index is 690. The lowest BCUT2D eigenvalue weighted by Gasteiger charge is -2.34. The van der Waals surface area contributed by atoms with Crippen LogP contribution in [0.25, 0.3) is 0 Å². The molecule has 3 rings (SSSR count). The highest BCUT2D eigenvalue weighted by Gasteiger charge is 2.28. The highest BCUT2D eigenvalue weighted by Crippen LogP contribution is 2.23. The molecule has 0 spiro atoms. The van der Waals surface area contributed by atoms with Crippen LogP contribution in [0.3, 0.4) is 0 Å². The van der Waals surface area contributed by atoms with Gasteiger partial charge in [0.25, 0.3) is 0 Å². The Balaban J connectivity index is 1.62. The van der Waals surface area contributed by atoms with E-state index in [4.69, 9.17) is 4.74 Å². The summed E-state index contributed by atoms with van der Waals surface area (Å²) in [7, 11) is 3.45. The minimum Gasteiger partial charge on any atom is -0.480 e. The molecule has 25 heavy (non-hydrogen) atoms. The van der Waals surface area contributed by atoms with Gasteiger partial charge in [-0.1, -0.05) is 30.3 Å². The van der Waals surface area contributed by atoms with E-state index in [-0.39, 0.29) is 11.8 Å². The van der Waals surface area contributed by atoms with Gasteiger partial charge in [-0.05, 0) is 24.5 Å². The Morgan fingerprint density at radius 3 is 2.72 bits per heavy atom. The van der Waals surface area contributed by atoms with Gasteiger partial charge >= 0.3 is 0 Å². The van der Waals surface area contributed by atoms with Crippen molar-refractivity contribution in [3.05, 3.63) is 48.0 Å². The van der Waals surface area contributed by atoms with Crippen molar-refractivity contribution in [3.8, 4) is 5.88 Å². The second-order valence-corrected chi connectivity index (χ2v) is 6.40. The first-order valence-electron chi connectivity index (χ1n) is 8.59. The van der Waals surface area contributed by atoms with Crippen LogP contribution >= 0.6 is 0 Å². The van der Waals surface area contributed by atoms with Crippen molar-refractivity contribution in [2.75, 3.05) is 32.1 Å². The number of anilines is 1. The third-order valence-electron chi connectivity index (χ3n) is 4.57. The molecular weight excluding hydrogens is 316 g/mol. The molecule has 1 aliphatic rings. The van der Waals surface area contributed by atoms with Crippen molar-refractivity contribution in [1.29, 1.82) is 0 Å². The summed E-state index contributed by atoms with van der Waals surface area (Å²) in [5.74, 6) is 1.47. The van der Waals surface area contributed by atoms with Gasteiger partial charge < -0.3 is 14.5 Å². The number of amides is 1. The summed E-state index contributed by atoms with van der Waals surface area (Å²) >= 11 is 0. The molecule has 1 aromatic carbocycles. The smallest absolute Gasteiger partial charge is 0.233 e. The first-order chi connectivity index (χ1) is 12.2. The lowest BCUT2D eigenvalue weighted by Crippen LogP contribution is -2.43. The van der Waals surface area contributed by atoms with Crippen LogP contribution in [-0.4, -0.2) is 48.3 Å². The van der Waals surface area contributed by atoms with E-state index in [9.17, 15) is 4.79 Å². The van der Waals surface area contributed by atoms with Crippen LogP contribution in [-0.2, 0) is 11.3 Å². The van der Waals surface area contributed by atoms with Gasteiger partial charge in [0, 0.05) is 32.7 Å². The van der Waals surface area contributed by atoms with Crippen LogP contribution in [0.5, 0.6) is 5.88 Å². The fourth-order valence-corrected chi connectivity index (χ4v) is 3.22. The third kappa shape index (κ3) is 4.26. The zero-order chi connectivity index (χ0) is 17.6. The van der Waals surface area contributed by atoms with E-state index < -0.39 is 0 Å². The van der Waals surface area contributed by atoms with E-state index in [0.717, 1.165) is 30.8 Å². The van der Waals surface area contributed by atoms with Crippen LogP contribution in [0.1, 0.15) is 18.4 Å². The van der Waals surface area contributed by atoms with E-state index in [1.165, 1.54) is 0 Å². The molecule has 1 saturated heterocycles. The largest absolute Gasteiger partial charge is 0.480 e. The molecule has 0 bridgehead atoms. The van der Waals surface area contributed by atoms with Gasteiger partial charge in [-0.15, -0.1) is 10.2 Å². The highest BCUT2D eigenvalue weighted by molar-refractivity contribution is 5.79. The Morgan fingerprint density at radius 2 is 2.04 bits per heavy atom. The fraction of sp³-hybridized carbons (Fsp3) is 0.421. The molecule has 0 unspecified atom stereocenters. The normalized spacial score (nSPS) is 17.2. The average molecular weight is 340 g/mol. The first-order valence-corrected chi connectivity index (χ1v) is 8.59. The van der Waals surface area contributed by atoms with Gasteiger partial charge in [0.15, 0.2) is 5.82 Å². The molecule has 1 aliphatic heterocycles. The minimum atomic E-state index is -0.00800. The van der Waals surface area contributed by atoms with E-state index in [1.54, 1.807) is 13.2 Å². The molecule has 1 fully saturated rings. The van der Waals surface area contributed by atoms with Crippen LogP contribution in [0.4, 0.5) is 5.82 Å². The van der Waals surface area contributed by atoms with E-state index in [2.05, 4.69) is 15.1 Å². The van der Waals surface area contributed by atoms with Gasteiger partial charge in [0.2, 0.25) is 11.8 Å². The Hall–Kier alpha value is -2.63. The van der Waals surface area contributed by atoms with Crippen molar-refractivity contribution in [2.45, 2.75) is 19.4 Å². The van der Waals surface area contributed by atoms with Crippen molar-refractivity contribution < 1.29 is 9.53 Å². The number of nitrogens with zero attached hydrogens (tertiary/aromatic N) is 4. The summed E-state index contributed by atoms with van der Waals surface area (Å²) < 4.78 is 5.05. The second-order valence-electron chi connectivity index (χ2n) is 6.40. The number of carbonyl (C=O) groups is 1. The number of hydrogen-bond donors (Lipinski definition) is 0. The molecular formula is C19H24N4O2. The molecule has 0 saturated carbocycles. The minimum absolute atomic E-state index is 0.00800. The molecule has 132 valence electrons. The van der Waals surface area contributed by atoms with E-state index >= 15 is 0 Å². The molecule has 1 amide bonds. The highest BCUT2D eigenvalue weighted by atomic mass is 16.5. The molecule has 0 radical (unpaired) electrons. The predicted molar refractivity (Wildman–Crippen MR) is 96.4 cm³/mol. The maximum Gasteiger partial charge on any atom is 0.233 e. The number of benzene rings is 1.